The Balaban J connectivity index is 3.84. The summed E-state index contributed by atoms with van der Waals surface area (Å²) in [5.41, 5.74) is 0. The molecule has 9 heteroatoms. The van der Waals surface area contributed by atoms with Gasteiger partial charge in [-0.3, -0.25) is 14.1 Å². The molecule has 42 heavy (non-hydrogen) atoms. The summed E-state index contributed by atoms with van der Waals surface area (Å²) in [6.07, 6.45) is 29.8. The van der Waals surface area contributed by atoms with Crippen molar-refractivity contribution in [2.75, 3.05) is 13.2 Å². The molecule has 0 bridgehead atoms. The highest BCUT2D eigenvalue weighted by molar-refractivity contribution is 7.46. The lowest BCUT2D eigenvalue weighted by molar-refractivity contribution is -0.161. The minimum atomic E-state index is -4.73. The largest absolute Gasteiger partial charge is 0.469 e. The van der Waals surface area contributed by atoms with Gasteiger partial charge in [0.25, 0.3) is 0 Å². The van der Waals surface area contributed by atoms with E-state index in [1.165, 1.54) is 83.5 Å². The average molecular weight is 619 g/mol. The third-order valence-electron chi connectivity index (χ3n) is 7.28. The number of rotatable bonds is 31. The molecule has 0 saturated heterocycles. The number of carbonyl (C=O) groups excluding carboxylic acids is 2. The van der Waals surface area contributed by atoms with Gasteiger partial charge in [-0.05, 0) is 38.5 Å². The van der Waals surface area contributed by atoms with Gasteiger partial charge in [0.05, 0.1) is 6.61 Å². The Morgan fingerprint density at radius 2 is 1.00 bits per heavy atom. The predicted molar refractivity (Wildman–Crippen MR) is 170 cm³/mol. The van der Waals surface area contributed by atoms with Gasteiger partial charge in [0.15, 0.2) is 6.10 Å². The molecule has 0 amide bonds. The fraction of sp³-hybridized carbons (Fsp3) is 0.879. The number of ether oxygens (including phenoxy) is 2. The van der Waals surface area contributed by atoms with Crippen molar-refractivity contribution >= 4 is 19.8 Å². The SMILES string of the molecule is CCCCCCCC/C=C\CCCCCCCCCCCC(=O)OC(COC(=O)CCCCCCC)COP(=O)(O)O. The Labute approximate surface area is 257 Å². The van der Waals surface area contributed by atoms with Crippen LogP contribution in [0.3, 0.4) is 0 Å². The molecule has 1 atom stereocenters. The van der Waals surface area contributed by atoms with E-state index in [1.54, 1.807) is 0 Å². The fourth-order valence-corrected chi connectivity index (χ4v) is 5.08. The molecule has 0 aliphatic heterocycles. The maximum absolute atomic E-state index is 12.3. The molecular weight excluding hydrogens is 555 g/mol. The minimum Gasteiger partial charge on any atom is -0.462 e. The average Bonchev–Trinajstić information content (AvgIpc) is 2.95. The molecule has 0 heterocycles. The van der Waals surface area contributed by atoms with E-state index in [0.29, 0.717) is 6.42 Å². The van der Waals surface area contributed by atoms with Gasteiger partial charge in [-0.15, -0.1) is 0 Å². The summed E-state index contributed by atoms with van der Waals surface area (Å²) in [6.45, 7) is 3.56. The third-order valence-corrected chi connectivity index (χ3v) is 7.77. The number of hydrogen-bond donors (Lipinski definition) is 2. The maximum Gasteiger partial charge on any atom is 0.469 e. The van der Waals surface area contributed by atoms with Gasteiger partial charge < -0.3 is 19.3 Å². The van der Waals surface area contributed by atoms with E-state index in [1.807, 2.05) is 0 Å². The smallest absolute Gasteiger partial charge is 0.462 e. The number of carbonyl (C=O) groups is 2. The van der Waals surface area contributed by atoms with Gasteiger partial charge in [0.2, 0.25) is 0 Å². The highest BCUT2D eigenvalue weighted by Gasteiger charge is 2.22. The van der Waals surface area contributed by atoms with Gasteiger partial charge >= 0.3 is 19.8 Å². The van der Waals surface area contributed by atoms with Crippen LogP contribution in [0.1, 0.15) is 168 Å². The zero-order chi connectivity index (χ0) is 31.2. The summed E-state index contributed by atoms with van der Waals surface area (Å²) >= 11 is 0. The molecule has 2 N–H and O–H groups in total. The van der Waals surface area contributed by atoms with Crippen LogP contribution >= 0.6 is 7.82 Å². The molecule has 0 aromatic carbocycles. The molecule has 248 valence electrons. The van der Waals surface area contributed by atoms with Crippen LogP contribution in [-0.2, 0) is 28.2 Å². The molecule has 8 nitrogen and oxygen atoms in total. The molecular formula is C33H63O8P. The number of phosphoric acid groups is 1. The van der Waals surface area contributed by atoms with E-state index in [-0.39, 0.29) is 19.4 Å². The summed E-state index contributed by atoms with van der Waals surface area (Å²) in [6, 6.07) is 0. The van der Waals surface area contributed by atoms with Crippen molar-refractivity contribution < 1.29 is 37.9 Å². The summed E-state index contributed by atoms with van der Waals surface area (Å²) in [5.74, 6) is -0.898. The standard InChI is InChI=1S/C33H63O8P/c1-3-5-7-9-10-11-12-13-14-15-16-17-18-19-20-21-22-24-26-28-33(35)41-31(30-40-42(36,37)38)29-39-32(34)27-25-23-8-6-4-2/h13-14,31H,3-12,15-30H2,1-2H3,(H2,36,37,38)/b14-13-. The van der Waals surface area contributed by atoms with E-state index in [9.17, 15) is 14.2 Å². The quantitative estimate of drug-likeness (QED) is 0.0341. The number of unbranched alkanes of at least 4 members (excludes halogenated alkanes) is 19. The fourth-order valence-electron chi connectivity index (χ4n) is 4.72. The van der Waals surface area contributed by atoms with Crippen LogP contribution in [0.25, 0.3) is 0 Å². The molecule has 0 aliphatic rings. The van der Waals surface area contributed by atoms with Crippen molar-refractivity contribution in [3.63, 3.8) is 0 Å². The second-order valence-corrected chi connectivity index (χ2v) is 12.7. The van der Waals surface area contributed by atoms with Crippen molar-refractivity contribution in [3.05, 3.63) is 12.2 Å². The molecule has 0 rings (SSSR count). The van der Waals surface area contributed by atoms with Crippen LogP contribution < -0.4 is 0 Å². The number of esters is 2. The van der Waals surface area contributed by atoms with Crippen LogP contribution in [0.5, 0.6) is 0 Å². The zero-order valence-corrected chi connectivity index (χ0v) is 27.8. The second kappa shape index (κ2) is 29.8. The highest BCUT2D eigenvalue weighted by Crippen LogP contribution is 2.35. The summed E-state index contributed by atoms with van der Waals surface area (Å²) in [4.78, 5) is 42.2. The first-order valence-electron chi connectivity index (χ1n) is 17.0. The van der Waals surface area contributed by atoms with Crippen LogP contribution in [0.2, 0.25) is 0 Å². The lowest BCUT2D eigenvalue weighted by Gasteiger charge is -2.18. The van der Waals surface area contributed by atoms with Crippen LogP contribution in [0.4, 0.5) is 0 Å². The highest BCUT2D eigenvalue weighted by atomic mass is 31.2. The van der Waals surface area contributed by atoms with E-state index >= 15 is 0 Å². The zero-order valence-electron chi connectivity index (χ0n) is 26.9. The molecule has 0 aromatic heterocycles. The first kappa shape index (κ1) is 40.8. The van der Waals surface area contributed by atoms with Crippen molar-refractivity contribution in [2.45, 2.75) is 174 Å². The van der Waals surface area contributed by atoms with Crippen molar-refractivity contribution in [1.82, 2.24) is 0 Å². The van der Waals surface area contributed by atoms with E-state index in [2.05, 4.69) is 30.5 Å². The first-order chi connectivity index (χ1) is 20.3. The summed E-state index contributed by atoms with van der Waals surface area (Å²) < 4.78 is 26.0. The Hall–Kier alpha value is -1.21. The second-order valence-electron chi connectivity index (χ2n) is 11.5. The molecule has 0 spiro atoms. The Morgan fingerprint density at radius 3 is 1.45 bits per heavy atom. The Kier molecular flexibility index (Phi) is 29.0. The first-order valence-corrected chi connectivity index (χ1v) is 18.5. The topological polar surface area (TPSA) is 119 Å². The van der Waals surface area contributed by atoms with Crippen LogP contribution in [-0.4, -0.2) is 41.0 Å². The van der Waals surface area contributed by atoms with Gasteiger partial charge in [0, 0.05) is 12.8 Å². The van der Waals surface area contributed by atoms with Gasteiger partial charge in [-0.1, -0.05) is 129 Å². The lowest BCUT2D eigenvalue weighted by Crippen LogP contribution is -2.29. The van der Waals surface area contributed by atoms with Crippen molar-refractivity contribution in [1.29, 1.82) is 0 Å². The molecule has 0 aromatic rings. The monoisotopic (exact) mass is 618 g/mol. The number of hydrogen-bond acceptors (Lipinski definition) is 6. The van der Waals surface area contributed by atoms with Crippen molar-refractivity contribution in [3.8, 4) is 0 Å². The Bertz CT molecular complexity index is 706. The number of phosphoric ester groups is 1. The summed E-state index contributed by atoms with van der Waals surface area (Å²) in [5, 5.41) is 0. The molecule has 0 radical (unpaired) electrons. The minimum absolute atomic E-state index is 0.212. The van der Waals surface area contributed by atoms with Crippen LogP contribution in [0, 0.1) is 0 Å². The predicted octanol–water partition coefficient (Wildman–Crippen LogP) is 9.51. The molecule has 1 unspecified atom stereocenters. The van der Waals surface area contributed by atoms with E-state index in [0.717, 1.165) is 51.4 Å². The van der Waals surface area contributed by atoms with Crippen molar-refractivity contribution in [2.24, 2.45) is 0 Å². The molecule has 0 aliphatic carbocycles. The number of allylic oxidation sites excluding steroid dienone is 2. The van der Waals surface area contributed by atoms with E-state index < -0.39 is 32.5 Å². The maximum atomic E-state index is 12.3. The van der Waals surface area contributed by atoms with Crippen LogP contribution in [0.15, 0.2) is 12.2 Å². The summed E-state index contributed by atoms with van der Waals surface area (Å²) in [7, 11) is -4.73. The van der Waals surface area contributed by atoms with E-state index in [4.69, 9.17) is 19.3 Å². The lowest BCUT2D eigenvalue weighted by atomic mass is 10.1. The molecule has 0 fully saturated rings. The van der Waals surface area contributed by atoms with Gasteiger partial charge in [-0.2, -0.15) is 0 Å². The third kappa shape index (κ3) is 31.7. The Morgan fingerprint density at radius 1 is 0.595 bits per heavy atom. The molecule has 0 saturated carbocycles. The normalized spacial score (nSPS) is 12.6. The van der Waals surface area contributed by atoms with Gasteiger partial charge in [0.1, 0.15) is 6.61 Å². The van der Waals surface area contributed by atoms with Gasteiger partial charge in [-0.25, -0.2) is 4.57 Å².